The van der Waals surface area contributed by atoms with Crippen LogP contribution in [0.4, 0.5) is 4.79 Å². The van der Waals surface area contributed by atoms with Crippen molar-refractivity contribution in [1.82, 2.24) is 4.90 Å². The van der Waals surface area contributed by atoms with Gasteiger partial charge in [0.05, 0.1) is 6.54 Å². The van der Waals surface area contributed by atoms with Crippen molar-refractivity contribution in [3.63, 3.8) is 0 Å². The van der Waals surface area contributed by atoms with Crippen LogP contribution >= 0.6 is 0 Å². The lowest BCUT2D eigenvalue weighted by Gasteiger charge is -2.25. The van der Waals surface area contributed by atoms with E-state index in [4.69, 9.17) is 4.74 Å². The molecule has 0 saturated heterocycles. The Bertz CT molecular complexity index is 444. The fourth-order valence-electron chi connectivity index (χ4n) is 1.26. The molecular formula is C15H21NO3. The summed E-state index contributed by atoms with van der Waals surface area (Å²) in [5.41, 5.74) is -0.353. The van der Waals surface area contributed by atoms with Gasteiger partial charge in [0.1, 0.15) is 5.60 Å². The van der Waals surface area contributed by atoms with Crippen LogP contribution in [-0.4, -0.2) is 29.0 Å². The average Bonchev–Trinajstić information content (AvgIpc) is 3.04. The Kier molecular flexibility index (Phi) is 4.77. The number of hydrogen-bond donors (Lipinski definition) is 0. The first-order valence-electron chi connectivity index (χ1n) is 6.39. The minimum absolute atomic E-state index is 0.0527. The lowest BCUT2D eigenvalue weighted by atomic mass is 10.2. The van der Waals surface area contributed by atoms with Gasteiger partial charge in [-0.1, -0.05) is 18.4 Å². The van der Waals surface area contributed by atoms with Gasteiger partial charge in [0.15, 0.2) is 0 Å². The molecule has 1 rings (SSSR count). The largest absolute Gasteiger partial charge is 0.443 e. The molecule has 19 heavy (non-hydrogen) atoms. The van der Waals surface area contributed by atoms with Gasteiger partial charge in [-0.15, -0.1) is 0 Å². The Hall–Kier alpha value is -1.76. The Morgan fingerprint density at radius 2 is 1.95 bits per heavy atom. The van der Waals surface area contributed by atoms with Crippen molar-refractivity contribution in [2.24, 2.45) is 5.92 Å². The molecule has 0 spiro atoms. The lowest BCUT2D eigenvalue weighted by Crippen LogP contribution is -2.41. The van der Waals surface area contributed by atoms with Crippen LogP contribution in [-0.2, 0) is 9.53 Å². The van der Waals surface area contributed by atoms with Gasteiger partial charge in [0.2, 0.25) is 0 Å². The maximum Gasteiger partial charge on any atom is 0.418 e. The summed E-state index contributed by atoms with van der Waals surface area (Å²) in [6.07, 6.45) is 1.53. The molecule has 0 atom stereocenters. The van der Waals surface area contributed by atoms with Crippen LogP contribution in [0.1, 0.15) is 40.5 Å². The van der Waals surface area contributed by atoms with Gasteiger partial charge >= 0.3 is 6.09 Å². The number of amides is 2. The molecule has 4 nitrogen and oxygen atoms in total. The van der Waals surface area contributed by atoms with E-state index < -0.39 is 17.6 Å². The summed E-state index contributed by atoms with van der Waals surface area (Å²) in [7, 11) is 0. The fraction of sp³-hybridized carbons (Fsp3) is 0.600. The zero-order valence-electron chi connectivity index (χ0n) is 12.1. The van der Waals surface area contributed by atoms with E-state index in [1.807, 2.05) is 0 Å². The average molecular weight is 263 g/mol. The molecule has 1 saturated carbocycles. The van der Waals surface area contributed by atoms with Crippen LogP contribution in [0.15, 0.2) is 12.2 Å². The van der Waals surface area contributed by atoms with Gasteiger partial charge in [0, 0.05) is 11.5 Å². The van der Waals surface area contributed by atoms with Gasteiger partial charge in [0.25, 0.3) is 5.91 Å². The van der Waals surface area contributed by atoms with E-state index in [9.17, 15) is 9.59 Å². The van der Waals surface area contributed by atoms with Crippen LogP contribution in [0, 0.1) is 17.8 Å². The number of nitrogens with zero attached hydrogens (tertiary/aromatic N) is 1. The molecule has 0 aromatic rings. The van der Waals surface area contributed by atoms with Crippen molar-refractivity contribution in [2.45, 2.75) is 46.1 Å². The monoisotopic (exact) mass is 263 g/mol. The second-order valence-corrected chi connectivity index (χ2v) is 5.75. The smallest absolute Gasteiger partial charge is 0.418 e. The number of rotatable bonds is 2. The summed E-state index contributed by atoms with van der Waals surface area (Å²) in [5.74, 6) is 5.87. The first-order chi connectivity index (χ1) is 8.70. The normalized spacial score (nSPS) is 14.1. The van der Waals surface area contributed by atoms with E-state index in [0.29, 0.717) is 11.5 Å². The van der Waals surface area contributed by atoms with Crippen molar-refractivity contribution in [3.05, 3.63) is 12.2 Å². The number of imide groups is 1. The molecule has 1 aliphatic carbocycles. The maximum atomic E-state index is 12.0. The standard InChI is InChI=1S/C15H21NO3/c1-11(2)13(17)16(10-6-7-12-8-9-12)14(18)19-15(3,4)5/h12H,1,8-10H2,2-5H3. The Labute approximate surface area is 114 Å². The molecule has 0 heterocycles. The SMILES string of the molecule is C=C(C)C(=O)N(CC#CC1CC1)C(=O)OC(C)(C)C. The third-order valence-corrected chi connectivity index (χ3v) is 2.34. The highest BCUT2D eigenvalue weighted by Crippen LogP contribution is 2.27. The predicted octanol–water partition coefficient (Wildman–Crippen LogP) is 2.74. The van der Waals surface area contributed by atoms with Crippen molar-refractivity contribution in [2.75, 3.05) is 6.54 Å². The Balaban J connectivity index is 2.73. The van der Waals surface area contributed by atoms with Crippen molar-refractivity contribution in [1.29, 1.82) is 0 Å². The van der Waals surface area contributed by atoms with E-state index in [1.54, 1.807) is 27.7 Å². The van der Waals surface area contributed by atoms with Gasteiger partial charge in [-0.2, -0.15) is 0 Å². The first kappa shape index (κ1) is 15.3. The van der Waals surface area contributed by atoms with E-state index in [0.717, 1.165) is 17.7 Å². The van der Waals surface area contributed by atoms with E-state index >= 15 is 0 Å². The van der Waals surface area contributed by atoms with E-state index in [1.165, 1.54) is 0 Å². The molecule has 2 amide bonds. The summed E-state index contributed by atoms with van der Waals surface area (Å²) in [6, 6.07) is 0. The second kappa shape index (κ2) is 5.92. The summed E-state index contributed by atoms with van der Waals surface area (Å²) >= 11 is 0. The van der Waals surface area contributed by atoms with Crippen molar-refractivity contribution >= 4 is 12.0 Å². The molecule has 0 radical (unpaired) electrons. The number of carbonyl (C=O) groups is 2. The lowest BCUT2D eigenvalue weighted by molar-refractivity contribution is -0.125. The molecule has 0 aliphatic heterocycles. The summed E-state index contributed by atoms with van der Waals surface area (Å²) in [6.45, 7) is 10.4. The first-order valence-corrected chi connectivity index (χ1v) is 6.39. The van der Waals surface area contributed by atoms with E-state index in [-0.39, 0.29) is 6.54 Å². The van der Waals surface area contributed by atoms with Gasteiger partial charge in [-0.3, -0.25) is 4.79 Å². The zero-order valence-corrected chi connectivity index (χ0v) is 12.1. The number of ether oxygens (including phenoxy) is 1. The van der Waals surface area contributed by atoms with Gasteiger partial charge < -0.3 is 4.74 Å². The number of hydrogen-bond acceptors (Lipinski definition) is 3. The molecule has 104 valence electrons. The number of carbonyl (C=O) groups excluding carboxylic acids is 2. The highest BCUT2D eigenvalue weighted by molar-refractivity contribution is 6.01. The molecule has 1 fully saturated rings. The van der Waals surface area contributed by atoms with Crippen LogP contribution in [0.5, 0.6) is 0 Å². The minimum atomic E-state index is -0.675. The van der Waals surface area contributed by atoms with Crippen LogP contribution in [0.25, 0.3) is 0 Å². The van der Waals surface area contributed by atoms with E-state index in [2.05, 4.69) is 18.4 Å². The third-order valence-electron chi connectivity index (χ3n) is 2.34. The predicted molar refractivity (Wildman–Crippen MR) is 73.3 cm³/mol. The highest BCUT2D eigenvalue weighted by Gasteiger charge is 2.27. The van der Waals surface area contributed by atoms with Crippen LogP contribution in [0.3, 0.4) is 0 Å². The molecule has 4 heteroatoms. The Morgan fingerprint density at radius 1 is 1.37 bits per heavy atom. The highest BCUT2D eigenvalue weighted by atomic mass is 16.6. The van der Waals surface area contributed by atoms with Gasteiger partial charge in [-0.05, 0) is 40.5 Å². The second-order valence-electron chi connectivity index (χ2n) is 5.75. The van der Waals surface area contributed by atoms with Crippen LogP contribution in [0.2, 0.25) is 0 Å². The quantitative estimate of drug-likeness (QED) is 0.568. The Morgan fingerprint density at radius 3 is 2.37 bits per heavy atom. The molecule has 0 aromatic heterocycles. The van der Waals surface area contributed by atoms with Crippen molar-refractivity contribution < 1.29 is 14.3 Å². The molecule has 0 N–H and O–H groups in total. The summed E-state index contributed by atoms with van der Waals surface area (Å²) in [5, 5.41) is 0. The zero-order chi connectivity index (χ0) is 14.6. The third kappa shape index (κ3) is 5.60. The van der Waals surface area contributed by atoms with Crippen LogP contribution < -0.4 is 0 Å². The topological polar surface area (TPSA) is 46.6 Å². The minimum Gasteiger partial charge on any atom is -0.443 e. The molecule has 0 aromatic carbocycles. The fourth-order valence-corrected chi connectivity index (χ4v) is 1.26. The summed E-state index contributed by atoms with van der Waals surface area (Å²) < 4.78 is 5.20. The molecular weight excluding hydrogens is 242 g/mol. The maximum absolute atomic E-state index is 12.0. The summed E-state index contributed by atoms with van der Waals surface area (Å²) in [4.78, 5) is 24.9. The van der Waals surface area contributed by atoms with Crippen molar-refractivity contribution in [3.8, 4) is 11.8 Å². The molecule has 0 unspecified atom stereocenters. The molecule has 1 aliphatic rings. The van der Waals surface area contributed by atoms with Gasteiger partial charge in [-0.25, -0.2) is 9.69 Å². The molecule has 0 bridgehead atoms.